The molecular weight excluding hydrogens is 280 g/mol. The Morgan fingerprint density at radius 2 is 1.81 bits per heavy atom. The average Bonchev–Trinajstić information content (AvgIpc) is 2.63. The van der Waals surface area contributed by atoms with Crippen LogP contribution in [0.4, 0.5) is 0 Å². The molecule has 0 aromatic carbocycles. The molecule has 3 nitrogen and oxygen atoms in total. The van der Waals surface area contributed by atoms with Crippen LogP contribution in [0.1, 0.15) is 53.4 Å². The van der Waals surface area contributed by atoms with Gasteiger partial charge in [0, 0.05) is 12.8 Å². The third-order valence-electron chi connectivity index (χ3n) is 6.23. The summed E-state index contributed by atoms with van der Waals surface area (Å²) < 4.78 is 6.63. The van der Waals surface area contributed by atoms with E-state index in [0.29, 0.717) is 30.6 Å². The number of hydrogen-bond donors (Lipinski definition) is 1. The molecule has 122 valence electrons. The highest BCUT2D eigenvalue weighted by Gasteiger charge is 2.48. The number of rotatable bonds is 2. The lowest BCUT2D eigenvalue weighted by molar-refractivity contribution is -0.128. The monoisotopic (exact) mass is 312 g/mol. The highest BCUT2D eigenvalue weighted by Crippen LogP contribution is 2.47. The van der Waals surface area contributed by atoms with Crippen LogP contribution >= 0.6 is 0 Å². The van der Waals surface area contributed by atoms with Crippen molar-refractivity contribution in [1.82, 2.24) is 0 Å². The minimum Gasteiger partial charge on any atom is -0.414 e. The van der Waals surface area contributed by atoms with Crippen molar-refractivity contribution in [3.05, 3.63) is 0 Å². The molecule has 2 aliphatic carbocycles. The quantitative estimate of drug-likeness (QED) is 0.790. The number of aliphatic hydroxyl groups excluding tert-OH is 1. The van der Waals surface area contributed by atoms with Crippen LogP contribution in [0.15, 0.2) is 0 Å². The number of fused-ring (bicyclic) bond motifs is 1. The van der Waals surface area contributed by atoms with Crippen LogP contribution in [0.5, 0.6) is 0 Å². The van der Waals surface area contributed by atoms with E-state index in [9.17, 15) is 9.90 Å². The van der Waals surface area contributed by atoms with E-state index in [2.05, 4.69) is 40.8 Å². The Bertz CT molecular complexity index is 399. The molecule has 0 radical (unpaired) electrons. The molecule has 21 heavy (non-hydrogen) atoms. The number of hydrogen-bond acceptors (Lipinski definition) is 3. The van der Waals surface area contributed by atoms with E-state index in [1.165, 1.54) is 6.42 Å². The van der Waals surface area contributed by atoms with Crippen molar-refractivity contribution in [2.24, 2.45) is 17.8 Å². The summed E-state index contributed by atoms with van der Waals surface area (Å²) in [7, 11) is -1.87. The molecule has 0 aliphatic heterocycles. The average molecular weight is 313 g/mol. The molecule has 4 heteroatoms. The van der Waals surface area contributed by atoms with E-state index < -0.39 is 14.4 Å². The van der Waals surface area contributed by atoms with Gasteiger partial charge in [-0.2, -0.15) is 0 Å². The summed E-state index contributed by atoms with van der Waals surface area (Å²) >= 11 is 0. The maximum absolute atomic E-state index is 12.1. The van der Waals surface area contributed by atoms with Crippen molar-refractivity contribution < 1.29 is 14.3 Å². The molecule has 0 spiro atoms. The fourth-order valence-electron chi connectivity index (χ4n) is 3.70. The zero-order valence-electron chi connectivity index (χ0n) is 14.5. The van der Waals surface area contributed by atoms with Gasteiger partial charge in [0.1, 0.15) is 6.10 Å². The van der Waals surface area contributed by atoms with Crippen LogP contribution in [-0.2, 0) is 9.22 Å². The first-order valence-electron chi connectivity index (χ1n) is 8.41. The highest BCUT2D eigenvalue weighted by atomic mass is 28.4. The van der Waals surface area contributed by atoms with E-state index in [0.717, 1.165) is 6.42 Å². The van der Waals surface area contributed by atoms with Crippen LogP contribution in [0.3, 0.4) is 0 Å². The Labute approximate surface area is 130 Å². The first-order valence-corrected chi connectivity index (χ1v) is 11.3. The first kappa shape index (κ1) is 17.2. The van der Waals surface area contributed by atoms with E-state index in [1.54, 1.807) is 0 Å². The number of aliphatic hydroxyl groups is 1. The Hall–Kier alpha value is -0.193. The molecule has 1 N–H and O–H groups in total. The third-order valence-corrected chi connectivity index (χ3v) is 10.7. The van der Waals surface area contributed by atoms with Crippen LogP contribution in [0, 0.1) is 17.8 Å². The number of carbonyl (C=O) groups is 1. The standard InChI is InChI=1S/C17H32O3Si/c1-11-7-8-12-13(11)9-14(18)15(19)10-16(12)20-21(5,6)17(2,3)4/h11-13,15-16,19H,7-10H2,1-6H3/t11-,12-,13-,15?,16-/m0/s1. The summed E-state index contributed by atoms with van der Waals surface area (Å²) in [6, 6.07) is 0. The van der Waals surface area contributed by atoms with E-state index in [1.807, 2.05) is 0 Å². The van der Waals surface area contributed by atoms with Gasteiger partial charge >= 0.3 is 0 Å². The smallest absolute Gasteiger partial charge is 0.192 e. The lowest BCUT2D eigenvalue weighted by Crippen LogP contribution is -2.46. The van der Waals surface area contributed by atoms with Gasteiger partial charge in [0.25, 0.3) is 0 Å². The van der Waals surface area contributed by atoms with Gasteiger partial charge in [0.2, 0.25) is 0 Å². The van der Waals surface area contributed by atoms with Crippen molar-refractivity contribution in [3.63, 3.8) is 0 Å². The Morgan fingerprint density at radius 3 is 2.38 bits per heavy atom. The number of Topliss-reactive ketones (excluding diaryl/α,β-unsaturated/α-hetero) is 1. The summed E-state index contributed by atoms with van der Waals surface area (Å²) in [5, 5.41) is 10.3. The Balaban J connectivity index is 2.22. The molecule has 0 aromatic rings. The maximum atomic E-state index is 12.1. The Kier molecular flexibility index (Phi) is 4.73. The van der Waals surface area contributed by atoms with Gasteiger partial charge in [-0.15, -0.1) is 0 Å². The van der Waals surface area contributed by atoms with Crippen LogP contribution < -0.4 is 0 Å². The SMILES string of the molecule is C[C@H]1CC[C@H]2[C@H]1CC(=O)C(O)C[C@@H]2O[Si](C)(C)C(C)(C)C. The fourth-order valence-corrected chi connectivity index (χ4v) is 5.09. The number of ketones is 1. The molecule has 1 unspecified atom stereocenters. The van der Waals surface area contributed by atoms with E-state index in [-0.39, 0.29) is 16.9 Å². The molecule has 2 rings (SSSR count). The van der Waals surface area contributed by atoms with Gasteiger partial charge in [-0.1, -0.05) is 34.1 Å². The lowest BCUT2D eigenvalue weighted by atomic mass is 9.85. The molecule has 2 aliphatic rings. The zero-order chi connectivity index (χ0) is 16.0. The summed E-state index contributed by atoms with van der Waals surface area (Å²) in [5.74, 6) is 1.47. The van der Waals surface area contributed by atoms with E-state index >= 15 is 0 Å². The largest absolute Gasteiger partial charge is 0.414 e. The molecule has 0 heterocycles. The second kappa shape index (κ2) is 5.78. The highest BCUT2D eigenvalue weighted by molar-refractivity contribution is 6.74. The van der Waals surface area contributed by atoms with Crippen molar-refractivity contribution in [2.75, 3.05) is 0 Å². The van der Waals surface area contributed by atoms with Gasteiger partial charge < -0.3 is 9.53 Å². The fraction of sp³-hybridized carbons (Fsp3) is 0.941. The van der Waals surface area contributed by atoms with Crippen molar-refractivity contribution in [1.29, 1.82) is 0 Å². The molecule has 0 bridgehead atoms. The summed E-state index contributed by atoms with van der Waals surface area (Å²) in [6.45, 7) is 13.5. The van der Waals surface area contributed by atoms with Gasteiger partial charge in [-0.05, 0) is 42.3 Å². The third kappa shape index (κ3) is 3.43. The summed E-state index contributed by atoms with van der Waals surface area (Å²) in [4.78, 5) is 12.1. The zero-order valence-corrected chi connectivity index (χ0v) is 15.5. The maximum Gasteiger partial charge on any atom is 0.192 e. The molecule has 2 saturated carbocycles. The topological polar surface area (TPSA) is 46.5 Å². The number of carbonyl (C=O) groups excluding carboxylic acids is 1. The molecule has 0 saturated heterocycles. The first-order chi connectivity index (χ1) is 9.53. The molecule has 0 amide bonds. The summed E-state index contributed by atoms with van der Waals surface area (Å²) in [5.41, 5.74) is 0. The predicted octanol–water partition coefficient (Wildman–Crippen LogP) is 3.76. The normalized spacial score (nSPS) is 38.2. The van der Waals surface area contributed by atoms with Gasteiger partial charge in [-0.25, -0.2) is 0 Å². The van der Waals surface area contributed by atoms with Crippen molar-refractivity contribution in [3.8, 4) is 0 Å². The second-order valence-electron chi connectivity index (χ2n) is 8.72. The minimum atomic E-state index is -1.87. The van der Waals surface area contributed by atoms with Crippen LogP contribution in [0.25, 0.3) is 0 Å². The molecule has 5 atom stereocenters. The predicted molar refractivity (Wildman–Crippen MR) is 87.7 cm³/mol. The Morgan fingerprint density at radius 1 is 1.19 bits per heavy atom. The van der Waals surface area contributed by atoms with Gasteiger partial charge in [0.15, 0.2) is 14.1 Å². The van der Waals surface area contributed by atoms with E-state index in [4.69, 9.17) is 4.43 Å². The molecule has 0 aromatic heterocycles. The van der Waals surface area contributed by atoms with Crippen molar-refractivity contribution >= 4 is 14.1 Å². The van der Waals surface area contributed by atoms with Gasteiger partial charge in [-0.3, -0.25) is 4.79 Å². The second-order valence-corrected chi connectivity index (χ2v) is 13.5. The van der Waals surface area contributed by atoms with Gasteiger partial charge in [0.05, 0.1) is 6.10 Å². The van der Waals surface area contributed by atoms with Crippen LogP contribution in [0.2, 0.25) is 18.1 Å². The minimum absolute atomic E-state index is 0.0279. The molecule has 2 fully saturated rings. The lowest BCUT2D eigenvalue weighted by Gasteiger charge is -2.41. The summed E-state index contributed by atoms with van der Waals surface area (Å²) in [6.07, 6.45) is 2.62. The molecular formula is C17H32O3Si. The van der Waals surface area contributed by atoms with Crippen LogP contribution in [-0.4, -0.2) is 31.4 Å². The van der Waals surface area contributed by atoms with Crippen molar-refractivity contribution in [2.45, 2.75) is 83.7 Å².